The van der Waals surface area contributed by atoms with Gasteiger partial charge in [-0.1, -0.05) is 0 Å². The van der Waals surface area contributed by atoms with E-state index in [0.29, 0.717) is 4.47 Å². The van der Waals surface area contributed by atoms with Crippen molar-refractivity contribution in [3.05, 3.63) is 27.7 Å². The number of pyridine rings is 1. The Morgan fingerprint density at radius 1 is 1.54 bits per heavy atom. The van der Waals surface area contributed by atoms with Crippen LogP contribution in [-0.4, -0.2) is 4.98 Å². The molecule has 1 aromatic heterocycles. The Morgan fingerprint density at radius 3 is 2.62 bits per heavy atom. The second-order valence-corrected chi connectivity index (χ2v) is 3.35. The summed E-state index contributed by atoms with van der Waals surface area (Å²) in [5.74, 6) is -1.20. The molecule has 0 fully saturated rings. The summed E-state index contributed by atoms with van der Waals surface area (Å²) in [6.45, 7) is 0. The van der Waals surface area contributed by atoms with Crippen LogP contribution >= 0.6 is 27.5 Å². The van der Waals surface area contributed by atoms with Crippen molar-refractivity contribution in [2.24, 2.45) is 0 Å². The molecular weight excluding hydrogens is 270 g/mol. The fourth-order valence-electron chi connectivity index (χ4n) is 0.763. The summed E-state index contributed by atoms with van der Waals surface area (Å²) in [6.07, 6.45) is -2.87. The molecule has 0 amide bonds. The second kappa shape index (κ2) is 4.28. The molecule has 0 aliphatic heterocycles. The number of aromatic nitrogens is 1. The topological polar surface area (TPSA) is 12.9 Å². The van der Waals surface area contributed by atoms with E-state index in [-0.39, 0.29) is 11.6 Å². The van der Waals surface area contributed by atoms with Gasteiger partial charge in [-0.2, -0.15) is 4.39 Å². The van der Waals surface area contributed by atoms with Gasteiger partial charge in [0.2, 0.25) is 5.95 Å². The molecule has 0 aliphatic carbocycles. The lowest BCUT2D eigenvalue weighted by molar-refractivity contribution is 0.145. The van der Waals surface area contributed by atoms with Crippen molar-refractivity contribution in [2.75, 3.05) is 0 Å². The molecule has 0 N–H and O–H groups in total. The van der Waals surface area contributed by atoms with Crippen LogP contribution in [0.2, 0.25) is 0 Å². The molecule has 13 heavy (non-hydrogen) atoms. The van der Waals surface area contributed by atoms with E-state index in [1.807, 2.05) is 0 Å². The summed E-state index contributed by atoms with van der Waals surface area (Å²) in [6, 6.07) is 0.991. The minimum absolute atomic E-state index is 0.0268. The zero-order valence-electron chi connectivity index (χ0n) is 6.20. The van der Waals surface area contributed by atoms with Crippen molar-refractivity contribution in [3.8, 4) is 0 Å². The molecule has 0 unspecified atom stereocenters. The minimum Gasteiger partial charge on any atom is -0.222 e. The van der Waals surface area contributed by atoms with Gasteiger partial charge in [-0.15, -0.1) is 11.6 Å². The van der Waals surface area contributed by atoms with E-state index in [0.717, 1.165) is 6.07 Å². The fraction of sp³-hybridized carbons (Fsp3) is 0.286. The third kappa shape index (κ3) is 2.34. The summed E-state index contributed by atoms with van der Waals surface area (Å²) in [5.41, 5.74) is -0.510. The number of rotatable bonds is 2. The first-order chi connectivity index (χ1) is 6.06. The van der Waals surface area contributed by atoms with Crippen LogP contribution in [0.5, 0.6) is 0 Å². The molecule has 0 spiro atoms. The largest absolute Gasteiger partial charge is 0.268 e. The summed E-state index contributed by atoms with van der Waals surface area (Å²) in [4.78, 5) is 3.29. The van der Waals surface area contributed by atoms with E-state index in [1.165, 1.54) is 0 Å². The van der Waals surface area contributed by atoms with Crippen LogP contribution in [0, 0.1) is 5.95 Å². The number of hydrogen-bond donors (Lipinski definition) is 0. The van der Waals surface area contributed by atoms with Gasteiger partial charge in [0, 0.05) is 4.47 Å². The SMILES string of the molecule is Fc1nc(CCl)c(Br)cc1C(F)F. The van der Waals surface area contributed by atoms with Crippen LogP contribution in [0.25, 0.3) is 0 Å². The standard InChI is InChI=1S/C7H4BrClF3N/c8-4-1-3(6(10)11)7(12)13-5(4)2-9/h1,6H,2H2. The molecule has 1 rings (SSSR count). The number of hydrogen-bond acceptors (Lipinski definition) is 1. The zero-order chi connectivity index (χ0) is 10.0. The second-order valence-electron chi connectivity index (χ2n) is 2.23. The van der Waals surface area contributed by atoms with E-state index in [2.05, 4.69) is 20.9 Å². The van der Waals surface area contributed by atoms with Gasteiger partial charge in [0.25, 0.3) is 6.43 Å². The Morgan fingerprint density at radius 2 is 2.15 bits per heavy atom. The maximum atomic E-state index is 12.8. The maximum Gasteiger partial charge on any atom is 0.268 e. The van der Waals surface area contributed by atoms with Crippen molar-refractivity contribution in [1.82, 2.24) is 4.98 Å². The molecule has 0 bridgehead atoms. The molecule has 0 radical (unpaired) electrons. The van der Waals surface area contributed by atoms with Crippen molar-refractivity contribution in [3.63, 3.8) is 0 Å². The quantitative estimate of drug-likeness (QED) is 0.592. The lowest BCUT2D eigenvalue weighted by Gasteiger charge is -2.04. The van der Waals surface area contributed by atoms with E-state index < -0.39 is 17.9 Å². The summed E-state index contributed by atoms with van der Waals surface area (Å²) >= 11 is 8.35. The van der Waals surface area contributed by atoms with E-state index in [9.17, 15) is 13.2 Å². The van der Waals surface area contributed by atoms with Crippen LogP contribution < -0.4 is 0 Å². The first kappa shape index (κ1) is 10.8. The maximum absolute atomic E-state index is 12.8. The molecule has 0 aromatic carbocycles. The van der Waals surface area contributed by atoms with Gasteiger partial charge in [0.1, 0.15) is 0 Å². The minimum atomic E-state index is -2.87. The van der Waals surface area contributed by atoms with Crippen molar-refractivity contribution < 1.29 is 13.2 Å². The zero-order valence-corrected chi connectivity index (χ0v) is 8.54. The van der Waals surface area contributed by atoms with E-state index in [4.69, 9.17) is 11.6 Å². The molecule has 1 heterocycles. The molecule has 1 nitrogen and oxygen atoms in total. The Balaban J connectivity index is 3.20. The number of nitrogens with zero attached hydrogens (tertiary/aromatic N) is 1. The average Bonchev–Trinajstić information content (AvgIpc) is 2.07. The van der Waals surface area contributed by atoms with E-state index in [1.54, 1.807) is 0 Å². The molecule has 1 aromatic rings. The lowest BCUT2D eigenvalue weighted by atomic mass is 10.2. The monoisotopic (exact) mass is 273 g/mol. The van der Waals surface area contributed by atoms with Crippen molar-refractivity contribution in [2.45, 2.75) is 12.3 Å². The summed E-state index contributed by atoms with van der Waals surface area (Å²) in [5, 5.41) is 0. The Hall–Kier alpha value is -0.290. The smallest absolute Gasteiger partial charge is 0.222 e. The predicted octanol–water partition coefficient (Wildman–Crippen LogP) is 3.66. The molecule has 0 atom stereocenters. The third-order valence-corrected chi connectivity index (χ3v) is 2.33. The van der Waals surface area contributed by atoms with Gasteiger partial charge >= 0.3 is 0 Å². The first-order valence-electron chi connectivity index (χ1n) is 3.25. The molecular formula is C7H4BrClF3N. The van der Waals surface area contributed by atoms with Crippen LogP contribution in [0.3, 0.4) is 0 Å². The first-order valence-corrected chi connectivity index (χ1v) is 4.58. The number of alkyl halides is 3. The van der Waals surface area contributed by atoms with Crippen LogP contribution in [0.15, 0.2) is 10.5 Å². The van der Waals surface area contributed by atoms with Crippen molar-refractivity contribution >= 4 is 27.5 Å². The lowest BCUT2D eigenvalue weighted by Crippen LogP contribution is -1.99. The molecule has 0 saturated carbocycles. The molecule has 0 saturated heterocycles. The van der Waals surface area contributed by atoms with Gasteiger partial charge in [0.05, 0.1) is 17.1 Å². The summed E-state index contributed by atoms with van der Waals surface area (Å²) in [7, 11) is 0. The molecule has 0 aliphatic rings. The third-order valence-electron chi connectivity index (χ3n) is 1.39. The molecule has 72 valence electrons. The highest BCUT2D eigenvalue weighted by Gasteiger charge is 2.17. The highest BCUT2D eigenvalue weighted by molar-refractivity contribution is 9.10. The van der Waals surface area contributed by atoms with Gasteiger partial charge < -0.3 is 0 Å². The van der Waals surface area contributed by atoms with Gasteiger partial charge in [-0.3, -0.25) is 0 Å². The highest BCUT2D eigenvalue weighted by atomic mass is 79.9. The highest BCUT2D eigenvalue weighted by Crippen LogP contribution is 2.26. The Bertz CT molecular complexity index is 319. The summed E-state index contributed by atoms with van der Waals surface area (Å²) < 4.78 is 37.3. The Labute approximate surface area is 86.0 Å². The fourth-order valence-corrected chi connectivity index (χ4v) is 1.60. The van der Waals surface area contributed by atoms with Gasteiger partial charge in [-0.25, -0.2) is 13.8 Å². The Kier molecular flexibility index (Phi) is 3.55. The van der Waals surface area contributed by atoms with Gasteiger partial charge in [0.15, 0.2) is 0 Å². The average molecular weight is 274 g/mol. The predicted molar refractivity (Wildman–Crippen MR) is 46.4 cm³/mol. The van der Waals surface area contributed by atoms with E-state index >= 15 is 0 Å². The van der Waals surface area contributed by atoms with Crippen LogP contribution in [-0.2, 0) is 5.88 Å². The number of halogens is 5. The van der Waals surface area contributed by atoms with Crippen LogP contribution in [0.4, 0.5) is 13.2 Å². The van der Waals surface area contributed by atoms with Crippen molar-refractivity contribution in [1.29, 1.82) is 0 Å². The normalized spacial score (nSPS) is 10.9. The van der Waals surface area contributed by atoms with Gasteiger partial charge in [-0.05, 0) is 22.0 Å². The molecule has 6 heteroatoms. The van der Waals surface area contributed by atoms with Crippen LogP contribution in [0.1, 0.15) is 17.7 Å².